The molecule has 0 radical (unpaired) electrons. The molecule has 1 atom stereocenters. The van der Waals surface area contributed by atoms with Gasteiger partial charge in [-0.2, -0.15) is 5.10 Å². The zero-order chi connectivity index (χ0) is 22.6. The first-order chi connectivity index (χ1) is 15.4. The number of nitrogens with two attached hydrogens (primary N) is 1. The maximum atomic E-state index is 14.4. The van der Waals surface area contributed by atoms with Gasteiger partial charge in [0, 0.05) is 11.3 Å². The molecule has 5 rings (SSSR count). The summed E-state index contributed by atoms with van der Waals surface area (Å²) < 4.78 is 27.0. The molecule has 0 saturated carbocycles. The van der Waals surface area contributed by atoms with Gasteiger partial charge in [0.15, 0.2) is 0 Å². The number of nitrogens with zero attached hydrogens (tertiary/aromatic N) is 2. The van der Waals surface area contributed by atoms with E-state index in [1.165, 1.54) is 22.9 Å². The molecule has 2 aromatic carbocycles. The Morgan fingerprint density at radius 1 is 1.28 bits per heavy atom. The molecule has 1 aromatic heterocycles. The molecule has 1 amide bonds. The van der Waals surface area contributed by atoms with Crippen molar-refractivity contribution < 1.29 is 23.5 Å². The minimum absolute atomic E-state index is 0.0540. The number of amides is 1. The molecule has 0 saturated heterocycles. The smallest absolute Gasteiger partial charge is 0.341 e. The Balaban J connectivity index is 1.89. The Kier molecular flexibility index (Phi) is 4.30. The van der Waals surface area contributed by atoms with E-state index in [1.54, 1.807) is 13.8 Å². The fourth-order valence-corrected chi connectivity index (χ4v) is 4.47. The molecule has 0 aliphatic carbocycles. The van der Waals surface area contributed by atoms with Gasteiger partial charge in [-0.15, -0.1) is 0 Å². The van der Waals surface area contributed by atoms with Crippen LogP contribution in [0.15, 0.2) is 60.0 Å². The minimum atomic E-state index is -1.78. The molecule has 0 fully saturated rings. The molecule has 2 aliphatic rings. The monoisotopic (exact) mass is 434 g/mol. The number of benzene rings is 2. The number of carbonyl (C=O) groups is 2. The van der Waals surface area contributed by atoms with Crippen LogP contribution in [-0.2, 0) is 19.7 Å². The van der Waals surface area contributed by atoms with E-state index in [9.17, 15) is 14.0 Å². The second kappa shape index (κ2) is 6.94. The van der Waals surface area contributed by atoms with Crippen molar-refractivity contribution in [2.45, 2.75) is 19.3 Å². The van der Waals surface area contributed by atoms with Crippen molar-refractivity contribution in [3.05, 3.63) is 82.6 Å². The number of anilines is 1. The highest BCUT2D eigenvalue weighted by Crippen LogP contribution is 2.55. The van der Waals surface area contributed by atoms with Crippen molar-refractivity contribution in [3.8, 4) is 11.6 Å². The van der Waals surface area contributed by atoms with E-state index < -0.39 is 23.1 Å². The summed E-state index contributed by atoms with van der Waals surface area (Å²) >= 11 is 0. The zero-order valence-electron chi connectivity index (χ0n) is 17.3. The average Bonchev–Trinajstić information content (AvgIpc) is 3.24. The third kappa shape index (κ3) is 2.51. The maximum Gasteiger partial charge on any atom is 0.341 e. The zero-order valence-corrected chi connectivity index (χ0v) is 17.3. The van der Waals surface area contributed by atoms with E-state index >= 15 is 0 Å². The summed E-state index contributed by atoms with van der Waals surface area (Å²) in [5.41, 5.74) is 6.25. The first-order valence-electron chi connectivity index (χ1n) is 10.0. The predicted octanol–water partition coefficient (Wildman–Crippen LogP) is 2.68. The number of hydrogen-bond donors (Lipinski definition) is 2. The molecule has 3 N–H and O–H groups in total. The van der Waals surface area contributed by atoms with Crippen molar-refractivity contribution >= 4 is 17.6 Å². The number of para-hydroxylation sites is 1. The van der Waals surface area contributed by atoms with Crippen molar-refractivity contribution in [1.82, 2.24) is 9.78 Å². The summed E-state index contributed by atoms with van der Waals surface area (Å²) in [6.45, 7) is 3.38. The molecule has 0 unspecified atom stereocenters. The molecule has 2 aliphatic heterocycles. The van der Waals surface area contributed by atoms with Crippen LogP contribution < -0.4 is 15.8 Å². The van der Waals surface area contributed by atoms with Crippen molar-refractivity contribution in [2.24, 2.45) is 5.73 Å². The van der Waals surface area contributed by atoms with Gasteiger partial charge in [0.2, 0.25) is 17.7 Å². The van der Waals surface area contributed by atoms with Gasteiger partial charge in [0.25, 0.3) is 0 Å². The minimum Gasteiger partial charge on any atom is -0.462 e. The quantitative estimate of drug-likeness (QED) is 0.614. The summed E-state index contributed by atoms with van der Waals surface area (Å²) in [5.74, 6) is -2.09. The Hall–Kier alpha value is -4.14. The Bertz CT molecular complexity index is 1320. The lowest BCUT2D eigenvalue weighted by molar-refractivity contribution is -0.140. The van der Waals surface area contributed by atoms with Crippen LogP contribution in [0, 0.1) is 12.7 Å². The third-order valence-corrected chi connectivity index (χ3v) is 5.68. The van der Waals surface area contributed by atoms with Gasteiger partial charge in [-0.25, -0.2) is 13.9 Å². The predicted molar refractivity (Wildman–Crippen MR) is 113 cm³/mol. The first-order valence-corrected chi connectivity index (χ1v) is 10.0. The van der Waals surface area contributed by atoms with Crippen LogP contribution in [0.1, 0.15) is 23.7 Å². The number of ether oxygens (including phenoxy) is 2. The van der Waals surface area contributed by atoms with Gasteiger partial charge in [0.05, 0.1) is 23.6 Å². The Morgan fingerprint density at radius 3 is 2.75 bits per heavy atom. The summed E-state index contributed by atoms with van der Waals surface area (Å²) in [6.07, 6.45) is 0. The van der Waals surface area contributed by atoms with Crippen molar-refractivity contribution in [3.63, 3.8) is 0 Å². The molecule has 162 valence electrons. The van der Waals surface area contributed by atoms with Crippen LogP contribution >= 0.6 is 0 Å². The van der Waals surface area contributed by atoms with Gasteiger partial charge in [0.1, 0.15) is 16.8 Å². The third-order valence-electron chi connectivity index (χ3n) is 5.68. The van der Waals surface area contributed by atoms with Crippen LogP contribution in [0.4, 0.5) is 10.1 Å². The number of nitrogens with one attached hydrogen (secondary N) is 1. The SMILES string of the molecule is CCOC(=O)C1=C(N)Oc2c(c(C)nn2-c2ccccc2)[C@]12C(=O)Nc1ccc(F)cc12. The van der Waals surface area contributed by atoms with Crippen LogP contribution in [0.5, 0.6) is 5.88 Å². The number of rotatable bonds is 3. The number of esters is 1. The highest BCUT2D eigenvalue weighted by atomic mass is 19.1. The standard InChI is InChI=1S/C23H19FN4O4/c1-3-31-21(29)18-19(25)32-20-17(12(2)27-28(20)14-7-5-4-6-8-14)23(18)15-11-13(24)9-10-16(15)26-22(23)30/h4-11H,3,25H2,1-2H3,(H,26,30)/t23-/m0/s1. The van der Waals surface area contributed by atoms with Gasteiger partial charge >= 0.3 is 5.97 Å². The van der Waals surface area contributed by atoms with Crippen LogP contribution in [0.3, 0.4) is 0 Å². The van der Waals surface area contributed by atoms with Crippen LogP contribution in [0.2, 0.25) is 0 Å². The van der Waals surface area contributed by atoms with Crippen molar-refractivity contribution in [1.29, 1.82) is 0 Å². The number of carbonyl (C=O) groups excluding carboxylic acids is 2. The largest absolute Gasteiger partial charge is 0.462 e. The second-order valence-corrected chi connectivity index (χ2v) is 7.47. The number of aryl methyl sites for hydroxylation is 1. The number of fused-ring (bicyclic) bond motifs is 4. The molecule has 8 nitrogen and oxygen atoms in total. The Labute approximate surface area is 182 Å². The normalized spacial score (nSPS) is 18.8. The molecule has 32 heavy (non-hydrogen) atoms. The molecule has 3 heterocycles. The second-order valence-electron chi connectivity index (χ2n) is 7.47. The summed E-state index contributed by atoms with van der Waals surface area (Å²) in [7, 11) is 0. The van der Waals surface area contributed by atoms with E-state index in [0.717, 1.165) is 0 Å². The summed E-state index contributed by atoms with van der Waals surface area (Å²) in [6, 6.07) is 13.0. The van der Waals surface area contributed by atoms with E-state index in [4.69, 9.17) is 15.2 Å². The highest BCUT2D eigenvalue weighted by molar-refractivity contribution is 6.17. The Morgan fingerprint density at radius 2 is 2.03 bits per heavy atom. The summed E-state index contributed by atoms with van der Waals surface area (Å²) in [5, 5.41) is 7.32. The average molecular weight is 434 g/mol. The van der Waals surface area contributed by atoms with E-state index in [-0.39, 0.29) is 29.5 Å². The van der Waals surface area contributed by atoms with Crippen LogP contribution in [-0.4, -0.2) is 28.3 Å². The van der Waals surface area contributed by atoms with Crippen LogP contribution in [0.25, 0.3) is 5.69 Å². The van der Waals surface area contributed by atoms with E-state index in [2.05, 4.69) is 10.4 Å². The molecule has 3 aromatic rings. The van der Waals surface area contributed by atoms with Gasteiger partial charge < -0.3 is 20.5 Å². The molecule has 0 bridgehead atoms. The number of hydrogen-bond acceptors (Lipinski definition) is 6. The lowest BCUT2D eigenvalue weighted by Gasteiger charge is -2.34. The molecule has 9 heteroatoms. The topological polar surface area (TPSA) is 108 Å². The highest BCUT2D eigenvalue weighted by Gasteiger charge is 2.61. The van der Waals surface area contributed by atoms with Crippen molar-refractivity contribution in [2.75, 3.05) is 11.9 Å². The van der Waals surface area contributed by atoms with Gasteiger partial charge in [-0.05, 0) is 44.2 Å². The van der Waals surface area contributed by atoms with Gasteiger partial charge in [-0.1, -0.05) is 18.2 Å². The fourth-order valence-electron chi connectivity index (χ4n) is 4.47. The van der Waals surface area contributed by atoms with Gasteiger partial charge in [-0.3, -0.25) is 4.79 Å². The molecular weight excluding hydrogens is 415 g/mol. The summed E-state index contributed by atoms with van der Waals surface area (Å²) in [4.78, 5) is 26.7. The number of aromatic nitrogens is 2. The fraction of sp³-hybridized carbons (Fsp3) is 0.174. The maximum absolute atomic E-state index is 14.4. The van der Waals surface area contributed by atoms with E-state index in [1.807, 2.05) is 30.3 Å². The first kappa shape index (κ1) is 19.8. The lowest BCUT2D eigenvalue weighted by atomic mass is 9.68. The lowest BCUT2D eigenvalue weighted by Crippen LogP contribution is -2.46. The molecular formula is C23H19FN4O4. The van der Waals surface area contributed by atoms with E-state index in [0.29, 0.717) is 22.6 Å². The molecule has 1 spiro atoms. The number of halogens is 1.